The van der Waals surface area contributed by atoms with E-state index in [4.69, 9.17) is 4.74 Å². The third-order valence-corrected chi connectivity index (χ3v) is 5.37. The number of hydrogen-bond acceptors (Lipinski definition) is 7. The van der Waals surface area contributed by atoms with E-state index < -0.39 is 5.60 Å². The van der Waals surface area contributed by atoms with E-state index in [2.05, 4.69) is 26.5 Å². The number of carbonyl (C=O) groups excluding carboxylic acids is 2. The number of nitrogens with one attached hydrogen (secondary N) is 4. The summed E-state index contributed by atoms with van der Waals surface area (Å²) in [5.41, 5.74) is 5.92. The summed E-state index contributed by atoms with van der Waals surface area (Å²) in [6.07, 6.45) is 4.84. The van der Waals surface area contributed by atoms with Gasteiger partial charge in [-0.2, -0.15) is 5.10 Å². The standard InChI is InChI=1S/C24H36N6O3/c1-16(2)13-26-27-15-21-28-19-7-6-18(12-20(19)29-21)22(31)25-14-17-8-10-30(11-9-17)23(32)33-24(3,4)5/h6-7,12-13,15,17,21,26,28-29H,8-11,14H2,1-5H3,(H,25,31)/b27-15+. The number of carbonyl (C=O) groups is 2. The molecule has 0 aromatic heterocycles. The van der Waals surface area contributed by atoms with Crippen LogP contribution in [0.4, 0.5) is 16.2 Å². The van der Waals surface area contributed by atoms with Crippen molar-refractivity contribution in [3.63, 3.8) is 0 Å². The summed E-state index contributed by atoms with van der Waals surface area (Å²) < 4.78 is 5.44. The number of nitrogens with zero attached hydrogens (tertiary/aromatic N) is 2. The van der Waals surface area contributed by atoms with E-state index in [0.717, 1.165) is 29.8 Å². The van der Waals surface area contributed by atoms with Crippen LogP contribution in [0.3, 0.4) is 0 Å². The first kappa shape index (κ1) is 24.4. The molecule has 2 aliphatic rings. The van der Waals surface area contributed by atoms with Gasteiger partial charge in [0.15, 0.2) is 0 Å². The van der Waals surface area contributed by atoms with Gasteiger partial charge in [0.25, 0.3) is 5.91 Å². The second-order valence-corrected chi connectivity index (χ2v) is 9.78. The number of likely N-dealkylation sites (tertiary alicyclic amines) is 1. The molecule has 0 spiro atoms. The smallest absolute Gasteiger partial charge is 0.410 e. The molecular formula is C24H36N6O3. The molecule has 2 heterocycles. The SMILES string of the molecule is CC(C)=CN/N=C/C1Nc2ccc(C(=O)NCC3CCN(C(=O)OC(C)(C)C)CC3)cc2N1. The summed E-state index contributed by atoms with van der Waals surface area (Å²) >= 11 is 0. The Balaban J connectivity index is 1.44. The molecule has 180 valence electrons. The molecule has 1 atom stereocenters. The number of amides is 2. The number of piperidine rings is 1. The largest absolute Gasteiger partial charge is 0.444 e. The molecule has 1 fully saturated rings. The quantitative estimate of drug-likeness (QED) is 0.384. The van der Waals surface area contributed by atoms with E-state index in [9.17, 15) is 9.59 Å². The zero-order valence-electron chi connectivity index (χ0n) is 20.2. The van der Waals surface area contributed by atoms with Crippen LogP contribution in [0.1, 0.15) is 57.8 Å². The van der Waals surface area contributed by atoms with Gasteiger partial charge >= 0.3 is 6.09 Å². The number of ether oxygens (including phenoxy) is 1. The summed E-state index contributed by atoms with van der Waals surface area (Å²) in [7, 11) is 0. The van der Waals surface area contributed by atoms with Crippen LogP contribution < -0.4 is 21.4 Å². The van der Waals surface area contributed by atoms with Crippen molar-refractivity contribution in [1.82, 2.24) is 15.6 Å². The Morgan fingerprint density at radius 3 is 2.55 bits per heavy atom. The number of hydrazone groups is 1. The van der Waals surface area contributed by atoms with Crippen LogP contribution in [0.15, 0.2) is 35.1 Å². The molecule has 0 radical (unpaired) electrons. The highest BCUT2D eigenvalue weighted by molar-refractivity contribution is 5.97. The monoisotopic (exact) mass is 456 g/mol. The third-order valence-electron chi connectivity index (χ3n) is 5.37. The highest BCUT2D eigenvalue weighted by Gasteiger charge is 2.27. The first-order valence-corrected chi connectivity index (χ1v) is 11.5. The van der Waals surface area contributed by atoms with Crippen LogP contribution in [-0.4, -0.2) is 54.5 Å². The average Bonchev–Trinajstić information content (AvgIpc) is 3.16. The van der Waals surface area contributed by atoms with E-state index in [-0.39, 0.29) is 18.2 Å². The Morgan fingerprint density at radius 1 is 1.18 bits per heavy atom. The lowest BCUT2D eigenvalue weighted by Gasteiger charge is -2.33. The Labute approximate surface area is 196 Å². The van der Waals surface area contributed by atoms with Crippen LogP contribution >= 0.6 is 0 Å². The fraction of sp³-hybridized carbons (Fsp3) is 0.542. The molecule has 1 aromatic carbocycles. The Kier molecular flexibility index (Phi) is 7.84. The highest BCUT2D eigenvalue weighted by atomic mass is 16.6. The van der Waals surface area contributed by atoms with Crippen LogP contribution in [0, 0.1) is 5.92 Å². The van der Waals surface area contributed by atoms with Crippen molar-refractivity contribution in [2.45, 2.75) is 59.2 Å². The van der Waals surface area contributed by atoms with Gasteiger partial charge in [0.2, 0.25) is 0 Å². The van der Waals surface area contributed by atoms with Gasteiger partial charge in [-0.05, 0) is 71.6 Å². The summed E-state index contributed by atoms with van der Waals surface area (Å²) in [6.45, 7) is 11.5. The molecule has 2 amide bonds. The molecule has 2 aliphatic heterocycles. The lowest BCUT2D eigenvalue weighted by Crippen LogP contribution is -2.43. The van der Waals surface area contributed by atoms with Crippen molar-refractivity contribution < 1.29 is 14.3 Å². The normalized spacial score (nSPS) is 18.2. The lowest BCUT2D eigenvalue weighted by molar-refractivity contribution is 0.0183. The number of benzene rings is 1. The molecule has 4 N–H and O–H groups in total. The molecule has 9 nitrogen and oxygen atoms in total. The van der Waals surface area contributed by atoms with Gasteiger partial charge in [-0.3, -0.25) is 10.2 Å². The average molecular weight is 457 g/mol. The van der Waals surface area contributed by atoms with Crippen LogP contribution in [0.2, 0.25) is 0 Å². The second-order valence-electron chi connectivity index (χ2n) is 9.78. The van der Waals surface area contributed by atoms with Crippen molar-refractivity contribution in [3.8, 4) is 0 Å². The predicted octanol–water partition coefficient (Wildman–Crippen LogP) is 3.73. The maximum atomic E-state index is 12.7. The number of rotatable bonds is 6. The molecule has 0 bridgehead atoms. The van der Waals surface area contributed by atoms with Gasteiger partial charge in [0.1, 0.15) is 11.8 Å². The molecule has 0 aliphatic carbocycles. The van der Waals surface area contributed by atoms with Crippen molar-refractivity contribution >= 4 is 29.6 Å². The first-order valence-electron chi connectivity index (χ1n) is 11.5. The Bertz CT molecular complexity index is 909. The Morgan fingerprint density at radius 2 is 1.88 bits per heavy atom. The van der Waals surface area contributed by atoms with Crippen LogP contribution in [-0.2, 0) is 4.74 Å². The fourth-order valence-corrected chi connectivity index (χ4v) is 3.65. The molecule has 1 aromatic rings. The number of anilines is 2. The van der Waals surface area contributed by atoms with Gasteiger partial charge in [0.05, 0.1) is 17.6 Å². The molecule has 1 saturated heterocycles. The summed E-state index contributed by atoms with van der Waals surface area (Å²) in [4.78, 5) is 26.6. The Hall–Kier alpha value is -3.23. The van der Waals surface area contributed by atoms with Crippen molar-refractivity contribution in [1.29, 1.82) is 0 Å². The van der Waals surface area contributed by atoms with E-state index in [1.165, 1.54) is 0 Å². The topological polar surface area (TPSA) is 107 Å². The minimum absolute atomic E-state index is 0.100. The third kappa shape index (κ3) is 7.40. The first-order chi connectivity index (χ1) is 15.6. The van der Waals surface area contributed by atoms with Crippen LogP contribution in [0.5, 0.6) is 0 Å². The number of allylic oxidation sites excluding steroid dienone is 1. The van der Waals surface area contributed by atoms with Gasteiger partial charge in [-0.25, -0.2) is 4.79 Å². The van der Waals surface area contributed by atoms with E-state index in [1.54, 1.807) is 11.1 Å². The molecule has 33 heavy (non-hydrogen) atoms. The fourth-order valence-electron chi connectivity index (χ4n) is 3.65. The number of hydrogen-bond donors (Lipinski definition) is 4. The van der Waals surface area contributed by atoms with Gasteiger partial charge in [-0.1, -0.05) is 5.57 Å². The van der Waals surface area contributed by atoms with Gasteiger partial charge < -0.3 is 25.6 Å². The minimum Gasteiger partial charge on any atom is -0.444 e. The highest BCUT2D eigenvalue weighted by Crippen LogP contribution is 2.29. The zero-order chi connectivity index (χ0) is 24.0. The van der Waals surface area contributed by atoms with E-state index in [1.807, 2.05) is 59.0 Å². The maximum absolute atomic E-state index is 12.7. The van der Waals surface area contributed by atoms with Gasteiger partial charge in [0, 0.05) is 31.4 Å². The van der Waals surface area contributed by atoms with Gasteiger partial charge in [-0.15, -0.1) is 0 Å². The van der Waals surface area contributed by atoms with Crippen molar-refractivity contribution in [2.75, 3.05) is 30.3 Å². The minimum atomic E-state index is -0.489. The second kappa shape index (κ2) is 10.6. The number of fused-ring (bicyclic) bond motifs is 1. The predicted molar refractivity (Wildman–Crippen MR) is 131 cm³/mol. The van der Waals surface area contributed by atoms with E-state index in [0.29, 0.717) is 31.1 Å². The van der Waals surface area contributed by atoms with Crippen LogP contribution in [0.25, 0.3) is 0 Å². The maximum Gasteiger partial charge on any atom is 0.410 e. The molecule has 3 rings (SSSR count). The van der Waals surface area contributed by atoms with E-state index >= 15 is 0 Å². The zero-order valence-corrected chi connectivity index (χ0v) is 20.2. The summed E-state index contributed by atoms with van der Waals surface area (Å²) in [5.74, 6) is 0.243. The summed E-state index contributed by atoms with van der Waals surface area (Å²) in [5, 5.41) is 13.8. The van der Waals surface area contributed by atoms with Crippen molar-refractivity contribution in [2.24, 2.45) is 11.0 Å². The molecule has 0 saturated carbocycles. The molecule has 1 unspecified atom stereocenters. The van der Waals surface area contributed by atoms with Crippen molar-refractivity contribution in [3.05, 3.63) is 35.5 Å². The summed E-state index contributed by atoms with van der Waals surface area (Å²) in [6, 6.07) is 5.56. The molecule has 9 heteroatoms. The lowest BCUT2D eigenvalue weighted by atomic mass is 9.97. The molecular weight excluding hydrogens is 420 g/mol.